The fourth-order valence-corrected chi connectivity index (χ4v) is 2.34. The average Bonchev–Trinajstić information content (AvgIpc) is 2.94. The number of benzene rings is 1. The summed E-state index contributed by atoms with van der Waals surface area (Å²) in [5, 5.41) is 11.0. The first-order valence-corrected chi connectivity index (χ1v) is 7.35. The van der Waals surface area contributed by atoms with Gasteiger partial charge >= 0.3 is 6.09 Å². The molecule has 1 saturated heterocycles. The van der Waals surface area contributed by atoms with E-state index in [0.717, 1.165) is 5.69 Å². The maximum atomic E-state index is 12.1. The number of nitro benzene ring substituents is 1. The van der Waals surface area contributed by atoms with Crippen LogP contribution in [0.1, 0.15) is 26.3 Å². The highest BCUT2D eigenvalue weighted by atomic mass is 16.6. The topological polar surface area (TPSA) is 75.9 Å². The van der Waals surface area contributed by atoms with Gasteiger partial charge in [0.25, 0.3) is 5.69 Å². The van der Waals surface area contributed by atoms with E-state index < -0.39 is 10.5 Å². The van der Waals surface area contributed by atoms with Crippen LogP contribution < -0.4 is 4.90 Å². The van der Waals surface area contributed by atoms with E-state index in [2.05, 4.69) is 6.58 Å². The molecule has 2 rings (SSSR count). The van der Waals surface area contributed by atoms with Crippen molar-refractivity contribution in [3.05, 3.63) is 40.5 Å². The van der Waals surface area contributed by atoms with Gasteiger partial charge in [0.05, 0.1) is 17.2 Å². The van der Waals surface area contributed by atoms with Gasteiger partial charge in [-0.2, -0.15) is 0 Å². The number of nitrogens with zero attached hydrogens (tertiary/aromatic N) is 3. The maximum absolute atomic E-state index is 12.1. The molecule has 124 valence electrons. The van der Waals surface area contributed by atoms with Gasteiger partial charge in [0.2, 0.25) is 0 Å². The molecule has 23 heavy (non-hydrogen) atoms. The monoisotopic (exact) mass is 319 g/mol. The van der Waals surface area contributed by atoms with E-state index in [1.807, 2.05) is 25.7 Å². The molecule has 0 aliphatic carbocycles. The van der Waals surface area contributed by atoms with Crippen LogP contribution >= 0.6 is 0 Å². The van der Waals surface area contributed by atoms with Crippen molar-refractivity contribution in [3.8, 4) is 0 Å². The summed E-state index contributed by atoms with van der Waals surface area (Å²) in [6, 6.07) is 4.86. The van der Waals surface area contributed by atoms with E-state index >= 15 is 0 Å². The number of anilines is 1. The lowest BCUT2D eigenvalue weighted by Crippen LogP contribution is -2.36. The van der Waals surface area contributed by atoms with E-state index in [-0.39, 0.29) is 11.8 Å². The second-order valence-corrected chi connectivity index (χ2v) is 6.35. The molecule has 0 spiro atoms. The quantitative estimate of drug-likeness (QED) is 0.631. The lowest BCUT2D eigenvalue weighted by molar-refractivity contribution is -0.385. The van der Waals surface area contributed by atoms with Crippen LogP contribution in [-0.4, -0.2) is 41.3 Å². The molecule has 0 N–H and O–H groups in total. The molecule has 0 bridgehead atoms. The Balaban J connectivity index is 2.11. The smallest absolute Gasteiger partial charge is 0.411 e. The van der Waals surface area contributed by atoms with Crippen molar-refractivity contribution in [1.82, 2.24) is 4.90 Å². The predicted octanol–water partition coefficient (Wildman–Crippen LogP) is 3.25. The first-order valence-electron chi connectivity index (χ1n) is 7.35. The van der Waals surface area contributed by atoms with Gasteiger partial charge in [-0.25, -0.2) is 4.79 Å². The Kier molecular flexibility index (Phi) is 4.58. The van der Waals surface area contributed by atoms with Crippen LogP contribution in [0.2, 0.25) is 0 Å². The minimum atomic E-state index is -0.534. The van der Waals surface area contributed by atoms with Crippen molar-refractivity contribution in [2.75, 3.05) is 24.7 Å². The van der Waals surface area contributed by atoms with Gasteiger partial charge in [-0.3, -0.25) is 15.0 Å². The van der Waals surface area contributed by atoms with Crippen LogP contribution in [0.3, 0.4) is 0 Å². The molecule has 1 heterocycles. The summed E-state index contributed by atoms with van der Waals surface area (Å²) in [6.07, 6.45) is 1.11. The third-order valence-electron chi connectivity index (χ3n) is 3.43. The predicted molar refractivity (Wildman–Crippen MR) is 88.3 cm³/mol. The number of hydrogen-bond acceptors (Lipinski definition) is 5. The van der Waals surface area contributed by atoms with Crippen LogP contribution in [-0.2, 0) is 4.74 Å². The van der Waals surface area contributed by atoms with E-state index in [4.69, 9.17) is 4.74 Å². The summed E-state index contributed by atoms with van der Waals surface area (Å²) in [5.41, 5.74) is 0.764. The molecule has 0 aromatic heterocycles. The van der Waals surface area contributed by atoms with Crippen LogP contribution in [0.4, 0.5) is 16.2 Å². The van der Waals surface area contributed by atoms with Crippen molar-refractivity contribution >= 4 is 23.5 Å². The summed E-state index contributed by atoms with van der Waals surface area (Å²) in [4.78, 5) is 26.2. The molecule has 1 aliphatic heterocycles. The molecule has 1 aromatic carbocycles. The molecular weight excluding hydrogens is 298 g/mol. The third kappa shape index (κ3) is 4.00. The van der Waals surface area contributed by atoms with Crippen molar-refractivity contribution < 1.29 is 14.5 Å². The molecule has 1 fully saturated rings. The normalized spacial score (nSPS) is 14.7. The zero-order valence-corrected chi connectivity index (χ0v) is 13.6. The molecule has 0 atom stereocenters. The number of carbonyl (C=O) groups excluding carboxylic acids is 1. The van der Waals surface area contributed by atoms with Crippen molar-refractivity contribution in [1.29, 1.82) is 0 Å². The van der Waals surface area contributed by atoms with Crippen LogP contribution in [0, 0.1) is 10.1 Å². The largest absolute Gasteiger partial charge is 0.444 e. The molecule has 1 amide bonds. The highest BCUT2D eigenvalue weighted by molar-refractivity contribution is 5.71. The van der Waals surface area contributed by atoms with Gasteiger partial charge in [-0.05, 0) is 32.9 Å². The summed E-state index contributed by atoms with van der Waals surface area (Å²) >= 11 is 0. The number of ether oxygens (including phenoxy) is 1. The summed E-state index contributed by atoms with van der Waals surface area (Å²) in [5.74, 6) is 0. The fraction of sp³-hybridized carbons (Fsp3) is 0.438. The Morgan fingerprint density at radius 2 is 2.09 bits per heavy atom. The Labute approximate surface area is 135 Å². The third-order valence-corrected chi connectivity index (χ3v) is 3.43. The standard InChI is InChI=1S/C16H21N3O4/c1-5-12-10-13(6-7-14(12)19(21)22)17-8-9-18(11-17)15(20)23-16(2,3)4/h5-7,10H,1,8-9,11H2,2-4H3. The first kappa shape index (κ1) is 16.8. The Morgan fingerprint density at radius 3 is 2.65 bits per heavy atom. The molecule has 1 aromatic rings. The lowest BCUT2D eigenvalue weighted by Gasteiger charge is -2.25. The van der Waals surface area contributed by atoms with Gasteiger partial charge in [-0.15, -0.1) is 0 Å². The van der Waals surface area contributed by atoms with Crippen LogP contribution in [0.15, 0.2) is 24.8 Å². The zero-order valence-electron chi connectivity index (χ0n) is 13.6. The second kappa shape index (κ2) is 6.28. The molecule has 0 unspecified atom stereocenters. The average molecular weight is 319 g/mol. The van der Waals surface area contributed by atoms with E-state index in [0.29, 0.717) is 25.3 Å². The van der Waals surface area contributed by atoms with Gasteiger partial charge in [0.1, 0.15) is 5.60 Å². The van der Waals surface area contributed by atoms with Crippen molar-refractivity contribution in [2.45, 2.75) is 26.4 Å². The van der Waals surface area contributed by atoms with Crippen LogP contribution in [0.5, 0.6) is 0 Å². The molecule has 7 nitrogen and oxygen atoms in total. The maximum Gasteiger partial charge on any atom is 0.411 e. The number of amides is 1. The summed E-state index contributed by atoms with van der Waals surface area (Å²) in [6.45, 7) is 10.7. The van der Waals surface area contributed by atoms with Gasteiger partial charge in [-0.1, -0.05) is 12.7 Å². The lowest BCUT2D eigenvalue weighted by atomic mass is 10.1. The zero-order chi connectivity index (χ0) is 17.2. The number of nitro groups is 1. The van der Waals surface area contributed by atoms with Gasteiger partial charge in [0.15, 0.2) is 0 Å². The Morgan fingerprint density at radius 1 is 1.39 bits per heavy atom. The number of hydrogen-bond donors (Lipinski definition) is 0. The summed E-state index contributed by atoms with van der Waals surface area (Å²) < 4.78 is 5.36. The Hall–Kier alpha value is -2.57. The van der Waals surface area contributed by atoms with E-state index in [1.54, 1.807) is 17.0 Å². The van der Waals surface area contributed by atoms with Gasteiger partial charge < -0.3 is 9.64 Å². The van der Waals surface area contributed by atoms with Crippen LogP contribution in [0.25, 0.3) is 6.08 Å². The first-order chi connectivity index (χ1) is 10.7. The van der Waals surface area contributed by atoms with E-state index in [1.165, 1.54) is 12.1 Å². The van der Waals surface area contributed by atoms with Crippen molar-refractivity contribution in [2.24, 2.45) is 0 Å². The molecule has 0 radical (unpaired) electrons. The number of carbonyl (C=O) groups is 1. The Bertz CT molecular complexity index is 637. The summed E-state index contributed by atoms with van der Waals surface area (Å²) in [7, 11) is 0. The minimum Gasteiger partial charge on any atom is -0.444 e. The number of rotatable bonds is 3. The van der Waals surface area contributed by atoms with Crippen molar-refractivity contribution in [3.63, 3.8) is 0 Å². The fourth-order valence-electron chi connectivity index (χ4n) is 2.34. The van der Waals surface area contributed by atoms with E-state index in [9.17, 15) is 14.9 Å². The molecule has 0 saturated carbocycles. The minimum absolute atomic E-state index is 0.0203. The second-order valence-electron chi connectivity index (χ2n) is 6.35. The van der Waals surface area contributed by atoms with Gasteiger partial charge in [0, 0.05) is 24.8 Å². The molecule has 1 aliphatic rings. The SMILES string of the molecule is C=Cc1cc(N2CCN(C(=O)OC(C)(C)C)C2)ccc1[N+](=O)[O-]. The molecular formula is C16H21N3O4. The highest BCUT2D eigenvalue weighted by Gasteiger charge is 2.29. The highest BCUT2D eigenvalue weighted by Crippen LogP contribution is 2.27. The molecule has 7 heteroatoms.